The van der Waals surface area contributed by atoms with E-state index in [0.717, 1.165) is 21.7 Å². The van der Waals surface area contributed by atoms with E-state index in [2.05, 4.69) is 17.8 Å². The molecule has 0 fully saturated rings. The maximum atomic E-state index is 13.2. The van der Waals surface area contributed by atoms with E-state index in [-0.39, 0.29) is 24.8 Å². The fourth-order valence-electron chi connectivity index (χ4n) is 3.40. The predicted molar refractivity (Wildman–Crippen MR) is 128 cm³/mol. The lowest BCUT2D eigenvalue weighted by Crippen LogP contribution is -2.51. The van der Waals surface area contributed by atoms with E-state index in [1.807, 2.05) is 49.4 Å². The van der Waals surface area contributed by atoms with Crippen LogP contribution in [0.1, 0.15) is 24.5 Å². The summed E-state index contributed by atoms with van der Waals surface area (Å²) in [4.78, 5) is 32.6. The molecule has 2 N–H and O–H groups in total. The molecule has 3 rings (SSSR count). The molecule has 176 valence electrons. The molecule has 2 unspecified atom stereocenters. The first-order chi connectivity index (χ1) is 15.9. The number of hydrogen-bond donors (Lipinski definition) is 2. The summed E-state index contributed by atoms with van der Waals surface area (Å²) in [5, 5.41) is 3.69. The summed E-state index contributed by atoms with van der Waals surface area (Å²) >= 11 is 4.55. The smallest absolute Gasteiger partial charge is 0.417 e. The number of oxime groups is 1. The molecule has 0 saturated carbocycles. The average Bonchev–Trinajstić information content (AvgIpc) is 3.20. The van der Waals surface area contributed by atoms with Crippen molar-refractivity contribution in [2.45, 2.75) is 43.8 Å². The van der Waals surface area contributed by atoms with E-state index in [9.17, 15) is 9.59 Å². The van der Waals surface area contributed by atoms with Crippen LogP contribution in [-0.4, -0.2) is 53.7 Å². The maximum Gasteiger partial charge on any atom is 0.417 e. The van der Waals surface area contributed by atoms with Gasteiger partial charge in [-0.1, -0.05) is 54.5 Å². The van der Waals surface area contributed by atoms with Crippen LogP contribution in [0.5, 0.6) is 5.75 Å². The van der Waals surface area contributed by atoms with Crippen molar-refractivity contribution in [3.8, 4) is 5.75 Å². The number of ether oxygens (including phenoxy) is 2. The number of hydrogen-bond acceptors (Lipinski definition) is 8. The Morgan fingerprint density at radius 1 is 1.15 bits per heavy atom. The van der Waals surface area contributed by atoms with Gasteiger partial charge in [0.2, 0.25) is 5.91 Å². The van der Waals surface area contributed by atoms with Crippen molar-refractivity contribution >= 4 is 30.3 Å². The molecule has 0 aromatic heterocycles. The van der Waals surface area contributed by atoms with Crippen LogP contribution in [0.3, 0.4) is 0 Å². The summed E-state index contributed by atoms with van der Waals surface area (Å²) in [5.41, 5.74) is 8.62. The van der Waals surface area contributed by atoms with Gasteiger partial charge in [-0.05, 0) is 36.1 Å². The Morgan fingerprint density at radius 3 is 2.45 bits per heavy atom. The monoisotopic (exact) mass is 471 g/mol. The van der Waals surface area contributed by atoms with Crippen LogP contribution in [0.4, 0.5) is 4.79 Å². The molecule has 0 saturated heterocycles. The first kappa shape index (κ1) is 24.6. The summed E-state index contributed by atoms with van der Waals surface area (Å²) in [6, 6.07) is 15.5. The van der Waals surface area contributed by atoms with Gasteiger partial charge in [0, 0.05) is 0 Å². The van der Waals surface area contributed by atoms with Gasteiger partial charge in [0.15, 0.2) is 6.10 Å². The summed E-state index contributed by atoms with van der Waals surface area (Å²) in [6.07, 6.45) is -0.459. The predicted octanol–water partition coefficient (Wildman–Crippen LogP) is 3.19. The van der Waals surface area contributed by atoms with Crippen molar-refractivity contribution in [1.82, 2.24) is 4.90 Å². The van der Waals surface area contributed by atoms with Crippen molar-refractivity contribution < 1.29 is 23.9 Å². The zero-order chi connectivity index (χ0) is 23.8. The van der Waals surface area contributed by atoms with Crippen molar-refractivity contribution in [2.24, 2.45) is 10.9 Å². The van der Waals surface area contributed by atoms with Crippen molar-refractivity contribution in [3.05, 3.63) is 65.7 Å². The zero-order valence-corrected chi connectivity index (χ0v) is 19.6. The minimum Gasteiger partial charge on any atom is -0.497 e. The van der Waals surface area contributed by atoms with Gasteiger partial charge in [0.05, 0.1) is 30.7 Å². The third kappa shape index (κ3) is 6.49. The van der Waals surface area contributed by atoms with Crippen LogP contribution in [0.25, 0.3) is 0 Å². The lowest BCUT2D eigenvalue weighted by Gasteiger charge is -2.26. The van der Waals surface area contributed by atoms with E-state index >= 15 is 0 Å². The fraction of sp³-hybridized carbons (Fsp3) is 0.375. The number of benzene rings is 2. The Bertz CT molecular complexity index is 968. The number of amides is 2. The molecule has 1 heterocycles. The molecule has 0 bridgehead atoms. The molecule has 8 nitrogen and oxygen atoms in total. The third-order valence-corrected chi connectivity index (χ3v) is 5.98. The molecule has 9 heteroatoms. The molecular weight excluding hydrogens is 442 g/mol. The van der Waals surface area contributed by atoms with Crippen LogP contribution in [-0.2, 0) is 27.4 Å². The second-order valence-corrected chi connectivity index (χ2v) is 8.23. The summed E-state index contributed by atoms with van der Waals surface area (Å²) in [7, 11) is 1.58. The van der Waals surface area contributed by atoms with Gasteiger partial charge in [0.1, 0.15) is 12.4 Å². The highest BCUT2D eigenvalue weighted by Gasteiger charge is 2.37. The molecule has 0 spiro atoms. The lowest BCUT2D eigenvalue weighted by atomic mass is 10.0. The van der Waals surface area contributed by atoms with Crippen LogP contribution < -0.4 is 10.5 Å². The first-order valence-corrected chi connectivity index (χ1v) is 11.3. The topological polar surface area (TPSA) is 103 Å². The summed E-state index contributed by atoms with van der Waals surface area (Å²) in [6.45, 7) is 1.91. The maximum absolute atomic E-state index is 13.2. The molecule has 1 aliphatic rings. The van der Waals surface area contributed by atoms with E-state index < -0.39 is 24.1 Å². The van der Waals surface area contributed by atoms with Crippen molar-refractivity contribution in [2.75, 3.05) is 13.7 Å². The van der Waals surface area contributed by atoms with Crippen LogP contribution >= 0.6 is 12.6 Å². The van der Waals surface area contributed by atoms with Crippen LogP contribution in [0.15, 0.2) is 59.8 Å². The second-order valence-electron chi connectivity index (χ2n) is 7.67. The van der Waals surface area contributed by atoms with E-state index in [0.29, 0.717) is 12.2 Å². The number of methoxy groups -OCH3 is 1. The summed E-state index contributed by atoms with van der Waals surface area (Å²) < 4.78 is 10.6. The molecule has 2 amide bonds. The van der Waals surface area contributed by atoms with Gasteiger partial charge in [0.25, 0.3) is 0 Å². The molecule has 0 radical (unpaired) electrons. The average molecular weight is 472 g/mol. The van der Waals surface area contributed by atoms with E-state index in [4.69, 9.17) is 20.0 Å². The molecule has 2 aromatic rings. The van der Waals surface area contributed by atoms with Gasteiger partial charge in [-0.15, -0.1) is 0 Å². The number of rotatable bonds is 9. The number of carbonyl (C=O) groups is 2. The number of nitrogens with two attached hydrogens (primary N) is 1. The van der Waals surface area contributed by atoms with Gasteiger partial charge >= 0.3 is 6.09 Å². The molecule has 33 heavy (non-hydrogen) atoms. The van der Waals surface area contributed by atoms with E-state index in [1.54, 1.807) is 19.2 Å². The van der Waals surface area contributed by atoms with Crippen LogP contribution in [0.2, 0.25) is 0 Å². The number of nitrogens with zero attached hydrogens (tertiary/aromatic N) is 2. The van der Waals surface area contributed by atoms with Crippen LogP contribution in [0, 0.1) is 0 Å². The largest absolute Gasteiger partial charge is 0.497 e. The Balaban J connectivity index is 1.71. The normalized spacial score (nSPS) is 18.1. The second kappa shape index (κ2) is 11.7. The molecule has 2 aromatic carbocycles. The molecule has 3 atom stereocenters. The van der Waals surface area contributed by atoms with Crippen molar-refractivity contribution in [1.29, 1.82) is 0 Å². The Hall–Kier alpha value is -3.04. The SMILES string of the molecule is CCC1=NOC(CN(C(=O)OCc2ccccc2)C(=O)[C@@H](N)Cc2ccc(OC)cc2)C1S. The molecule has 1 aliphatic heterocycles. The lowest BCUT2D eigenvalue weighted by molar-refractivity contribution is -0.132. The molecule has 0 aliphatic carbocycles. The van der Waals surface area contributed by atoms with Gasteiger partial charge in [-0.2, -0.15) is 12.6 Å². The highest BCUT2D eigenvalue weighted by molar-refractivity contribution is 7.82. The summed E-state index contributed by atoms with van der Waals surface area (Å²) in [5.74, 6) is 0.146. The Morgan fingerprint density at radius 2 is 1.85 bits per heavy atom. The standard InChI is InChI=1S/C24H29N3O5S/c1-3-20-22(33)21(32-26-20)14-27(24(29)31-15-17-7-5-4-6-8-17)23(28)19(25)13-16-9-11-18(30-2)12-10-16/h4-12,19,21-22,33H,3,13-15,25H2,1-2H3/t19-,21?,22?/m0/s1. The number of thiol groups is 1. The minimum absolute atomic E-state index is 0.0315. The van der Waals surface area contributed by atoms with Crippen molar-refractivity contribution in [3.63, 3.8) is 0 Å². The number of imide groups is 1. The number of carbonyl (C=O) groups excluding carboxylic acids is 2. The third-order valence-electron chi connectivity index (χ3n) is 5.35. The Kier molecular flexibility index (Phi) is 8.73. The van der Waals surface area contributed by atoms with Gasteiger partial charge in [-0.25, -0.2) is 9.69 Å². The fourth-order valence-corrected chi connectivity index (χ4v) is 3.78. The van der Waals surface area contributed by atoms with Gasteiger partial charge < -0.3 is 20.0 Å². The first-order valence-electron chi connectivity index (χ1n) is 10.7. The zero-order valence-electron chi connectivity index (χ0n) is 18.7. The van der Waals surface area contributed by atoms with Gasteiger partial charge in [-0.3, -0.25) is 4.79 Å². The Labute approximate surface area is 199 Å². The minimum atomic E-state index is -0.950. The highest BCUT2D eigenvalue weighted by Crippen LogP contribution is 2.21. The van der Waals surface area contributed by atoms with E-state index in [1.165, 1.54) is 0 Å². The highest BCUT2D eigenvalue weighted by atomic mass is 32.1. The molecular formula is C24H29N3O5S. The quantitative estimate of drug-likeness (QED) is 0.545.